The Morgan fingerprint density at radius 1 is 1.33 bits per heavy atom. The van der Waals surface area contributed by atoms with Gasteiger partial charge in [-0.15, -0.1) is 0 Å². The number of pyridine rings is 1. The zero-order chi connectivity index (χ0) is 13.1. The van der Waals surface area contributed by atoms with Crippen LogP contribution in [0, 0.1) is 18.2 Å². The van der Waals surface area contributed by atoms with Crippen LogP contribution in [0.5, 0.6) is 11.5 Å². The van der Waals surface area contributed by atoms with Crippen molar-refractivity contribution in [3.05, 3.63) is 53.6 Å². The Morgan fingerprint density at radius 3 is 2.78 bits per heavy atom. The van der Waals surface area contributed by atoms with Crippen LogP contribution in [-0.4, -0.2) is 10.8 Å². The summed E-state index contributed by atoms with van der Waals surface area (Å²) in [5.74, 6) is 0.622. The standard InChI is InChI=1S/C13H12FN3O/c1-8-6-9(14)2-3-12(8)18-10-4-5-17-11(7-10)13(15)16/h2-7H,1H3,(H3,15,16). The second-order valence-electron chi connectivity index (χ2n) is 3.80. The molecule has 0 aliphatic rings. The van der Waals surface area contributed by atoms with E-state index in [-0.39, 0.29) is 11.7 Å². The van der Waals surface area contributed by atoms with Gasteiger partial charge >= 0.3 is 0 Å². The molecule has 0 aliphatic carbocycles. The number of hydrogen-bond acceptors (Lipinski definition) is 3. The minimum absolute atomic E-state index is 0.128. The number of rotatable bonds is 3. The van der Waals surface area contributed by atoms with Crippen molar-refractivity contribution in [3.8, 4) is 11.5 Å². The summed E-state index contributed by atoms with van der Waals surface area (Å²) in [6.07, 6.45) is 1.50. The molecule has 0 unspecified atom stereocenters. The van der Waals surface area contributed by atoms with E-state index in [1.807, 2.05) is 0 Å². The summed E-state index contributed by atoms with van der Waals surface area (Å²) < 4.78 is 18.5. The molecule has 18 heavy (non-hydrogen) atoms. The smallest absolute Gasteiger partial charge is 0.141 e. The van der Waals surface area contributed by atoms with E-state index < -0.39 is 0 Å². The number of ether oxygens (including phenoxy) is 1. The average molecular weight is 245 g/mol. The molecule has 0 saturated carbocycles. The molecule has 4 nitrogen and oxygen atoms in total. The highest BCUT2D eigenvalue weighted by Gasteiger charge is 2.05. The van der Waals surface area contributed by atoms with Gasteiger partial charge < -0.3 is 10.5 Å². The second-order valence-corrected chi connectivity index (χ2v) is 3.80. The van der Waals surface area contributed by atoms with E-state index in [9.17, 15) is 4.39 Å². The fourth-order valence-corrected chi connectivity index (χ4v) is 1.48. The molecule has 2 rings (SSSR count). The minimum atomic E-state index is -0.306. The number of nitrogens with one attached hydrogen (secondary N) is 1. The van der Waals surface area contributed by atoms with E-state index in [2.05, 4.69) is 4.98 Å². The van der Waals surface area contributed by atoms with E-state index in [1.165, 1.54) is 18.3 Å². The number of nitrogens with zero attached hydrogens (tertiary/aromatic N) is 1. The Hall–Kier alpha value is -2.43. The van der Waals surface area contributed by atoms with E-state index in [1.54, 1.807) is 25.1 Å². The molecular weight excluding hydrogens is 233 g/mol. The maximum Gasteiger partial charge on any atom is 0.141 e. The Kier molecular flexibility index (Phi) is 3.23. The van der Waals surface area contributed by atoms with Gasteiger partial charge in [-0.05, 0) is 36.8 Å². The van der Waals surface area contributed by atoms with Crippen molar-refractivity contribution in [2.24, 2.45) is 5.73 Å². The number of aryl methyl sites for hydroxylation is 1. The van der Waals surface area contributed by atoms with Crippen molar-refractivity contribution < 1.29 is 9.13 Å². The summed E-state index contributed by atoms with van der Waals surface area (Å²) in [5, 5.41) is 7.29. The lowest BCUT2D eigenvalue weighted by Crippen LogP contribution is -2.12. The Labute approximate surface area is 104 Å². The molecule has 5 heteroatoms. The highest BCUT2D eigenvalue weighted by Crippen LogP contribution is 2.25. The number of halogens is 1. The van der Waals surface area contributed by atoms with Crippen LogP contribution in [0.15, 0.2) is 36.5 Å². The first-order valence-corrected chi connectivity index (χ1v) is 5.31. The van der Waals surface area contributed by atoms with E-state index in [0.29, 0.717) is 22.8 Å². The summed E-state index contributed by atoms with van der Waals surface area (Å²) in [6, 6.07) is 7.48. The van der Waals surface area contributed by atoms with Crippen LogP contribution in [-0.2, 0) is 0 Å². The number of nitrogens with two attached hydrogens (primary N) is 1. The van der Waals surface area contributed by atoms with E-state index in [4.69, 9.17) is 15.9 Å². The lowest BCUT2D eigenvalue weighted by Gasteiger charge is -2.09. The van der Waals surface area contributed by atoms with E-state index >= 15 is 0 Å². The van der Waals surface area contributed by atoms with Gasteiger partial charge in [0, 0.05) is 12.3 Å². The maximum absolute atomic E-state index is 12.9. The zero-order valence-corrected chi connectivity index (χ0v) is 9.77. The first-order valence-electron chi connectivity index (χ1n) is 5.31. The Morgan fingerprint density at radius 2 is 2.11 bits per heavy atom. The maximum atomic E-state index is 12.9. The summed E-state index contributed by atoms with van der Waals surface area (Å²) in [6.45, 7) is 1.76. The van der Waals surface area contributed by atoms with Crippen LogP contribution in [0.4, 0.5) is 4.39 Å². The molecule has 1 aromatic heterocycles. The van der Waals surface area contributed by atoms with Gasteiger partial charge in [0.1, 0.15) is 28.8 Å². The lowest BCUT2D eigenvalue weighted by atomic mass is 10.2. The number of hydrogen-bond donors (Lipinski definition) is 2. The predicted octanol–water partition coefficient (Wildman–Crippen LogP) is 2.61. The molecular formula is C13H12FN3O. The molecule has 3 N–H and O–H groups in total. The predicted molar refractivity (Wildman–Crippen MR) is 66.5 cm³/mol. The molecule has 0 aliphatic heterocycles. The summed E-state index contributed by atoms with van der Waals surface area (Å²) in [4.78, 5) is 3.93. The Balaban J connectivity index is 2.28. The topological polar surface area (TPSA) is 72.0 Å². The van der Waals surface area contributed by atoms with Crippen molar-refractivity contribution in [2.45, 2.75) is 6.92 Å². The third kappa shape index (κ3) is 2.63. The number of benzene rings is 1. The fraction of sp³-hybridized carbons (Fsp3) is 0.0769. The van der Waals surface area contributed by atoms with Crippen molar-refractivity contribution in [1.29, 1.82) is 5.41 Å². The average Bonchev–Trinajstić information content (AvgIpc) is 2.33. The second kappa shape index (κ2) is 4.83. The van der Waals surface area contributed by atoms with E-state index in [0.717, 1.165) is 0 Å². The first kappa shape index (κ1) is 12.0. The number of amidine groups is 1. The molecule has 92 valence electrons. The van der Waals surface area contributed by atoms with Gasteiger partial charge in [-0.25, -0.2) is 4.39 Å². The van der Waals surface area contributed by atoms with Crippen LogP contribution in [0.2, 0.25) is 0 Å². The summed E-state index contributed by atoms with van der Waals surface area (Å²) in [5.41, 5.74) is 6.37. The molecule has 0 radical (unpaired) electrons. The molecule has 0 amide bonds. The quantitative estimate of drug-likeness (QED) is 0.645. The molecule has 0 saturated heterocycles. The highest BCUT2D eigenvalue weighted by molar-refractivity contribution is 5.93. The summed E-state index contributed by atoms with van der Waals surface area (Å²) in [7, 11) is 0. The van der Waals surface area contributed by atoms with Crippen LogP contribution in [0.3, 0.4) is 0 Å². The largest absolute Gasteiger partial charge is 0.457 e. The van der Waals surface area contributed by atoms with Crippen LogP contribution in [0.1, 0.15) is 11.3 Å². The van der Waals surface area contributed by atoms with Gasteiger partial charge in [0.15, 0.2) is 0 Å². The molecule has 0 bridgehead atoms. The van der Waals surface area contributed by atoms with Gasteiger partial charge in [0.2, 0.25) is 0 Å². The molecule has 1 aromatic carbocycles. The summed E-state index contributed by atoms with van der Waals surface area (Å²) >= 11 is 0. The van der Waals surface area contributed by atoms with Gasteiger partial charge in [-0.2, -0.15) is 0 Å². The van der Waals surface area contributed by atoms with Crippen LogP contribution >= 0.6 is 0 Å². The van der Waals surface area contributed by atoms with Crippen molar-refractivity contribution in [2.75, 3.05) is 0 Å². The Bertz CT molecular complexity index is 599. The highest BCUT2D eigenvalue weighted by atomic mass is 19.1. The van der Waals surface area contributed by atoms with Crippen LogP contribution in [0.25, 0.3) is 0 Å². The third-order valence-corrected chi connectivity index (χ3v) is 2.37. The molecule has 1 heterocycles. The van der Waals surface area contributed by atoms with Gasteiger partial charge in [-0.3, -0.25) is 10.4 Å². The minimum Gasteiger partial charge on any atom is -0.457 e. The molecule has 2 aromatic rings. The van der Waals surface area contributed by atoms with Gasteiger partial charge in [0.05, 0.1) is 0 Å². The fourth-order valence-electron chi connectivity index (χ4n) is 1.48. The van der Waals surface area contributed by atoms with Gasteiger partial charge in [0.25, 0.3) is 0 Å². The van der Waals surface area contributed by atoms with Gasteiger partial charge in [-0.1, -0.05) is 0 Å². The van der Waals surface area contributed by atoms with Crippen molar-refractivity contribution >= 4 is 5.84 Å². The monoisotopic (exact) mass is 245 g/mol. The molecule has 0 fully saturated rings. The normalized spacial score (nSPS) is 10.1. The van der Waals surface area contributed by atoms with Crippen LogP contribution < -0.4 is 10.5 Å². The first-order chi connectivity index (χ1) is 8.56. The molecule has 0 atom stereocenters. The third-order valence-electron chi connectivity index (χ3n) is 2.37. The lowest BCUT2D eigenvalue weighted by molar-refractivity contribution is 0.475. The number of nitrogen functional groups attached to an aromatic ring is 1. The zero-order valence-electron chi connectivity index (χ0n) is 9.77. The van der Waals surface area contributed by atoms with Crippen molar-refractivity contribution in [1.82, 2.24) is 4.98 Å². The van der Waals surface area contributed by atoms with Crippen molar-refractivity contribution in [3.63, 3.8) is 0 Å². The SMILES string of the molecule is Cc1cc(F)ccc1Oc1ccnc(C(=N)N)c1. The number of aromatic nitrogens is 1. The molecule has 0 spiro atoms.